The van der Waals surface area contributed by atoms with E-state index in [1.807, 2.05) is 12.1 Å². The van der Waals surface area contributed by atoms with Crippen LogP contribution in [0.4, 0.5) is 13.2 Å². The van der Waals surface area contributed by atoms with Gasteiger partial charge in [-0.05, 0) is 114 Å². The summed E-state index contributed by atoms with van der Waals surface area (Å²) in [7, 11) is 0. The summed E-state index contributed by atoms with van der Waals surface area (Å²) in [6.45, 7) is 0. The van der Waals surface area contributed by atoms with E-state index < -0.39 is 11.7 Å². The van der Waals surface area contributed by atoms with Crippen LogP contribution in [0.5, 0.6) is 0 Å². The van der Waals surface area contributed by atoms with Gasteiger partial charge in [0.15, 0.2) is 0 Å². The van der Waals surface area contributed by atoms with Crippen molar-refractivity contribution in [3.05, 3.63) is 142 Å². The van der Waals surface area contributed by atoms with Crippen LogP contribution in [-0.4, -0.2) is 9.13 Å². The minimum Gasteiger partial charge on any atom is -0.309 e. The van der Waals surface area contributed by atoms with Crippen LogP contribution in [0, 0.1) is 68.0 Å². The van der Waals surface area contributed by atoms with Crippen molar-refractivity contribution < 1.29 is 13.2 Å². The van der Waals surface area contributed by atoms with Gasteiger partial charge in [-0.15, -0.1) is 0 Å². The van der Waals surface area contributed by atoms with Crippen LogP contribution in [0.2, 0.25) is 0 Å². The number of fused-ring (bicyclic) bond motifs is 6. The summed E-state index contributed by atoms with van der Waals surface area (Å²) in [6, 6.07) is 37.9. The Hall–Kier alpha value is -8.35. The summed E-state index contributed by atoms with van der Waals surface area (Å²) in [5, 5.41) is 60.4. The Balaban J connectivity index is 1.62. The molecule has 8 aromatic rings. The number of nitrogens with zero attached hydrogens (tertiary/aromatic N) is 8. The summed E-state index contributed by atoms with van der Waals surface area (Å²) >= 11 is 0. The molecule has 0 saturated carbocycles. The lowest BCUT2D eigenvalue weighted by Gasteiger charge is -2.23. The maximum atomic E-state index is 16.1. The molecule has 0 N–H and O–H groups in total. The Morgan fingerprint density at radius 3 is 0.944 bits per heavy atom. The van der Waals surface area contributed by atoms with Gasteiger partial charge in [0, 0.05) is 21.5 Å². The molecule has 8 rings (SSSR count). The summed E-state index contributed by atoms with van der Waals surface area (Å²) in [5.74, 6) is 0. The molecule has 6 aromatic carbocycles. The third-order valence-electron chi connectivity index (χ3n) is 9.43. The van der Waals surface area contributed by atoms with Gasteiger partial charge < -0.3 is 9.13 Å². The topological polar surface area (TPSA) is 153 Å². The van der Waals surface area contributed by atoms with Crippen molar-refractivity contribution >= 4 is 43.6 Å². The Kier molecular flexibility index (Phi) is 7.39. The van der Waals surface area contributed by atoms with Crippen molar-refractivity contribution in [1.82, 2.24) is 9.13 Å². The zero-order chi connectivity index (χ0) is 37.9. The van der Waals surface area contributed by atoms with Gasteiger partial charge >= 0.3 is 6.18 Å². The number of halogens is 3. The summed E-state index contributed by atoms with van der Waals surface area (Å²) in [5.41, 5.74) is 1.55. The Labute approximate surface area is 304 Å². The van der Waals surface area contributed by atoms with E-state index in [0.29, 0.717) is 49.2 Å². The second-order valence-corrected chi connectivity index (χ2v) is 12.5. The van der Waals surface area contributed by atoms with Crippen LogP contribution in [0.15, 0.2) is 103 Å². The maximum Gasteiger partial charge on any atom is 0.420 e. The lowest BCUT2D eigenvalue weighted by Crippen LogP contribution is -2.16. The average Bonchev–Trinajstić information content (AvgIpc) is 3.70. The van der Waals surface area contributed by atoms with E-state index in [4.69, 9.17) is 0 Å². The molecule has 2 aromatic heterocycles. The SMILES string of the molecule is N#Cc1cc(C#N)cc(-c2cc(-n3c4ccc(C#N)cc4c4cc(C#N)ccc43)c(C(F)(F)F)c(-n3c4ccc(C#N)cc4c4cc(C#N)ccc43)c2)c1. The van der Waals surface area contributed by atoms with Gasteiger partial charge in [0.25, 0.3) is 0 Å². The molecule has 0 aliphatic rings. The number of nitriles is 6. The van der Waals surface area contributed by atoms with Gasteiger partial charge in [-0.1, -0.05) is 0 Å². The van der Waals surface area contributed by atoms with E-state index in [1.165, 1.54) is 63.7 Å². The van der Waals surface area contributed by atoms with Crippen LogP contribution in [-0.2, 0) is 6.18 Å². The van der Waals surface area contributed by atoms with Crippen LogP contribution in [0.25, 0.3) is 66.1 Å². The lowest BCUT2D eigenvalue weighted by atomic mass is 9.96. The highest BCUT2D eigenvalue weighted by Gasteiger charge is 2.39. The van der Waals surface area contributed by atoms with Crippen LogP contribution < -0.4 is 0 Å². The highest BCUT2D eigenvalue weighted by molar-refractivity contribution is 6.12. The van der Waals surface area contributed by atoms with Crippen molar-refractivity contribution in [2.45, 2.75) is 6.18 Å². The Morgan fingerprint density at radius 2 is 0.667 bits per heavy atom. The third-order valence-corrected chi connectivity index (χ3v) is 9.43. The number of hydrogen-bond acceptors (Lipinski definition) is 6. The van der Waals surface area contributed by atoms with Crippen molar-refractivity contribution in [2.24, 2.45) is 0 Å². The van der Waals surface area contributed by atoms with Crippen molar-refractivity contribution in [1.29, 1.82) is 31.6 Å². The van der Waals surface area contributed by atoms with Crippen LogP contribution in [0.3, 0.4) is 0 Å². The molecule has 0 amide bonds. The second-order valence-electron chi connectivity index (χ2n) is 12.5. The summed E-state index contributed by atoms with van der Waals surface area (Å²) < 4.78 is 51.0. The van der Waals surface area contributed by atoms with E-state index in [0.717, 1.165) is 0 Å². The van der Waals surface area contributed by atoms with Crippen molar-refractivity contribution in [3.63, 3.8) is 0 Å². The first-order valence-electron chi connectivity index (χ1n) is 16.1. The molecular weight excluding hydrogens is 686 g/mol. The number of benzene rings is 6. The summed E-state index contributed by atoms with van der Waals surface area (Å²) in [6.07, 6.45) is -5.00. The number of aromatic nitrogens is 2. The highest BCUT2D eigenvalue weighted by Crippen LogP contribution is 2.46. The van der Waals surface area contributed by atoms with E-state index in [1.54, 1.807) is 48.5 Å². The zero-order valence-corrected chi connectivity index (χ0v) is 27.5. The van der Waals surface area contributed by atoms with Gasteiger partial charge in [-0.2, -0.15) is 44.7 Å². The first-order valence-corrected chi connectivity index (χ1v) is 16.1. The lowest BCUT2D eigenvalue weighted by molar-refractivity contribution is -0.137. The van der Waals surface area contributed by atoms with Gasteiger partial charge in [-0.3, -0.25) is 0 Å². The maximum absolute atomic E-state index is 16.1. The number of hydrogen-bond donors (Lipinski definition) is 0. The zero-order valence-electron chi connectivity index (χ0n) is 27.5. The molecule has 0 atom stereocenters. The number of rotatable bonds is 3. The molecule has 0 aliphatic heterocycles. The monoisotopic (exact) mass is 702 g/mol. The smallest absolute Gasteiger partial charge is 0.309 e. The molecule has 0 spiro atoms. The average molecular weight is 703 g/mol. The highest BCUT2D eigenvalue weighted by atomic mass is 19.4. The van der Waals surface area contributed by atoms with Gasteiger partial charge in [0.2, 0.25) is 0 Å². The standard InChI is InChI=1S/C43H17F3N8/c44-43(45,46)42-40(53-36-5-1-24(18-47)12-32(36)33-13-25(19-48)2-6-37(33)53)16-31(30-10-28(22-51)9-29(11-30)23-52)17-41(42)54-38-7-3-26(20-49)14-34(38)35-15-27(21-50)4-8-39(35)54/h1-17H. The molecular formula is C43H17F3N8. The number of alkyl halides is 3. The molecule has 54 heavy (non-hydrogen) atoms. The molecule has 250 valence electrons. The largest absolute Gasteiger partial charge is 0.420 e. The first-order chi connectivity index (χ1) is 26.1. The molecule has 0 unspecified atom stereocenters. The van der Waals surface area contributed by atoms with Crippen molar-refractivity contribution in [3.8, 4) is 58.9 Å². The third kappa shape index (κ3) is 5.03. The molecule has 0 bridgehead atoms. The molecule has 11 heteroatoms. The predicted molar refractivity (Wildman–Crippen MR) is 194 cm³/mol. The predicted octanol–water partition coefficient (Wildman–Crippen LogP) is 9.80. The van der Waals surface area contributed by atoms with E-state index in [9.17, 15) is 31.6 Å². The van der Waals surface area contributed by atoms with Crippen LogP contribution >= 0.6 is 0 Å². The van der Waals surface area contributed by atoms with Crippen molar-refractivity contribution in [2.75, 3.05) is 0 Å². The Bertz CT molecular complexity index is 2890. The molecule has 0 aliphatic carbocycles. The fourth-order valence-electron chi connectivity index (χ4n) is 7.19. The minimum absolute atomic E-state index is 0.127. The van der Waals surface area contributed by atoms with E-state index in [2.05, 4.69) is 24.3 Å². The molecule has 0 radical (unpaired) electrons. The van der Waals surface area contributed by atoms with E-state index >= 15 is 13.2 Å². The fraction of sp³-hybridized carbons (Fsp3) is 0.0233. The fourth-order valence-corrected chi connectivity index (χ4v) is 7.19. The van der Waals surface area contributed by atoms with E-state index in [-0.39, 0.29) is 50.3 Å². The minimum atomic E-state index is -5.00. The van der Waals surface area contributed by atoms with Gasteiger partial charge in [0.1, 0.15) is 5.56 Å². The normalized spacial score (nSPS) is 11.1. The quantitative estimate of drug-likeness (QED) is 0.179. The second kappa shape index (κ2) is 12.2. The Morgan fingerprint density at radius 1 is 0.370 bits per heavy atom. The molecule has 0 fully saturated rings. The van der Waals surface area contributed by atoms with Gasteiger partial charge in [0.05, 0.1) is 103 Å². The molecule has 8 nitrogen and oxygen atoms in total. The molecule has 0 saturated heterocycles. The summed E-state index contributed by atoms with van der Waals surface area (Å²) in [4.78, 5) is 0. The first kappa shape index (κ1) is 32.8. The van der Waals surface area contributed by atoms with Crippen LogP contribution in [0.1, 0.15) is 38.9 Å². The molecule has 2 heterocycles. The van der Waals surface area contributed by atoms with Gasteiger partial charge in [-0.25, -0.2) is 0 Å².